The lowest BCUT2D eigenvalue weighted by molar-refractivity contribution is 0.195. The predicted molar refractivity (Wildman–Crippen MR) is 278 cm³/mol. The van der Waals surface area contributed by atoms with Crippen LogP contribution in [0.4, 0.5) is 39.8 Å². The molecule has 12 rings (SSSR count). The highest BCUT2D eigenvalue weighted by atomic mass is 28.3. The molecule has 6 aliphatic rings. The van der Waals surface area contributed by atoms with Gasteiger partial charge in [0.1, 0.15) is 0 Å². The van der Waals surface area contributed by atoms with Gasteiger partial charge in [-0.05, 0) is 139 Å². The van der Waals surface area contributed by atoms with E-state index in [2.05, 4.69) is 206 Å². The fraction of sp³-hybridized carbons (Fsp3) is 0.390. The van der Waals surface area contributed by atoms with Crippen molar-refractivity contribution in [2.24, 2.45) is 0 Å². The molecule has 0 radical (unpaired) electrons. The van der Waals surface area contributed by atoms with E-state index < -0.39 is 8.07 Å². The molecule has 0 aromatic heterocycles. The number of anilines is 7. The molecule has 1 saturated carbocycles. The Morgan fingerprint density at radius 2 is 1.28 bits per heavy atom. The van der Waals surface area contributed by atoms with Crippen LogP contribution < -0.4 is 36.3 Å². The van der Waals surface area contributed by atoms with Crippen molar-refractivity contribution in [2.75, 3.05) is 14.7 Å². The van der Waals surface area contributed by atoms with E-state index in [9.17, 15) is 0 Å². The second-order valence-electron chi connectivity index (χ2n) is 23.8. The number of hydrogen-bond acceptors (Lipinski definition) is 3. The highest BCUT2D eigenvalue weighted by Crippen LogP contribution is 2.66. The van der Waals surface area contributed by atoms with Crippen LogP contribution in [0.2, 0.25) is 19.6 Å². The van der Waals surface area contributed by atoms with Crippen LogP contribution in [0, 0.1) is 13.8 Å². The Balaban J connectivity index is 1.23. The van der Waals surface area contributed by atoms with Crippen molar-refractivity contribution in [2.45, 2.75) is 148 Å². The fourth-order valence-corrected chi connectivity index (χ4v) is 15.3. The van der Waals surface area contributed by atoms with Gasteiger partial charge in [-0.15, -0.1) is 0 Å². The molecule has 1 fully saturated rings. The summed E-state index contributed by atoms with van der Waals surface area (Å²) in [5.74, 6) is 0. The van der Waals surface area contributed by atoms with Crippen molar-refractivity contribution < 1.29 is 0 Å². The van der Waals surface area contributed by atoms with Gasteiger partial charge in [0, 0.05) is 50.6 Å². The second kappa shape index (κ2) is 12.9. The van der Waals surface area contributed by atoms with Crippen LogP contribution in [0.1, 0.15) is 120 Å². The smallest absolute Gasteiger partial charge is 0.252 e. The van der Waals surface area contributed by atoms with Crippen molar-refractivity contribution in [3.8, 4) is 0 Å². The summed E-state index contributed by atoms with van der Waals surface area (Å²) in [6.45, 7) is 29.9. The summed E-state index contributed by atoms with van der Waals surface area (Å²) in [5, 5.41) is 1.60. The van der Waals surface area contributed by atoms with E-state index in [4.69, 9.17) is 0 Å². The standard InChI is InChI=1S/C59H66BN3Si/c1-37-19-23-41(24-20-37)61-50-25-21-38(2)31-47(50)60-48-36-43(64(10,11)12)35-46-54(48)63(58(8)29-16-15-28-56(46,58)6)52-34-42(33-51(61)53(52)60)62-49-26-22-40(55(3,4)5)32-45(49)57(7)30-27-39-17-13-14-18-44(39)59(57,62)9/h13-14,17-26,31-36H,15-16,27-30H2,1-12H3. The van der Waals surface area contributed by atoms with Crippen LogP contribution >= 0.6 is 0 Å². The minimum atomic E-state index is -1.71. The quantitative estimate of drug-likeness (QED) is 0.164. The van der Waals surface area contributed by atoms with Gasteiger partial charge in [-0.25, -0.2) is 0 Å². The van der Waals surface area contributed by atoms with E-state index in [-0.39, 0.29) is 34.0 Å². The Labute approximate surface area is 385 Å². The molecule has 6 aromatic carbocycles. The molecule has 0 saturated heterocycles. The van der Waals surface area contributed by atoms with Gasteiger partial charge in [0.15, 0.2) is 0 Å². The van der Waals surface area contributed by atoms with Crippen LogP contribution in [0.15, 0.2) is 109 Å². The van der Waals surface area contributed by atoms with Gasteiger partial charge in [-0.1, -0.05) is 156 Å². The number of aryl methyl sites for hydroxylation is 3. The minimum absolute atomic E-state index is 0.0317. The first-order valence-corrected chi connectivity index (χ1v) is 28.0. The van der Waals surface area contributed by atoms with E-state index in [1.165, 1.54) is 115 Å². The number of fused-ring (bicyclic) bond motifs is 12. The van der Waals surface area contributed by atoms with Gasteiger partial charge >= 0.3 is 0 Å². The maximum absolute atomic E-state index is 2.95. The summed E-state index contributed by atoms with van der Waals surface area (Å²) in [7, 11) is -1.71. The van der Waals surface area contributed by atoms with E-state index >= 15 is 0 Å². The average Bonchev–Trinajstić information content (AvgIpc) is 3.60. The van der Waals surface area contributed by atoms with Crippen LogP contribution in [-0.2, 0) is 28.2 Å². The zero-order chi connectivity index (χ0) is 44.7. The van der Waals surface area contributed by atoms with E-state index in [0.29, 0.717) is 0 Å². The molecule has 0 N–H and O–H groups in total. The molecule has 6 aromatic rings. The van der Waals surface area contributed by atoms with Gasteiger partial charge in [0.05, 0.1) is 19.2 Å². The zero-order valence-corrected chi connectivity index (χ0v) is 41.6. The second-order valence-corrected chi connectivity index (χ2v) is 28.9. The maximum Gasteiger partial charge on any atom is 0.252 e. The minimum Gasteiger partial charge on any atom is -0.335 e. The summed E-state index contributed by atoms with van der Waals surface area (Å²) in [4.78, 5) is 8.43. The Morgan fingerprint density at radius 1 is 0.578 bits per heavy atom. The molecule has 0 bridgehead atoms. The van der Waals surface area contributed by atoms with Crippen molar-refractivity contribution in [1.82, 2.24) is 0 Å². The number of benzene rings is 6. The highest BCUT2D eigenvalue weighted by Gasteiger charge is 2.63. The van der Waals surface area contributed by atoms with Crippen molar-refractivity contribution in [3.05, 3.63) is 148 Å². The van der Waals surface area contributed by atoms with Crippen LogP contribution in [0.5, 0.6) is 0 Å². The largest absolute Gasteiger partial charge is 0.335 e. The van der Waals surface area contributed by atoms with Gasteiger partial charge in [-0.2, -0.15) is 0 Å². The van der Waals surface area contributed by atoms with E-state index in [1.54, 1.807) is 10.8 Å². The molecule has 0 amide bonds. The lowest BCUT2D eigenvalue weighted by Crippen LogP contribution is -2.65. The third kappa shape index (κ3) is 5.00. The lowest BCUT2D eigenvalue weighted by atomic mass is 9.33. The van der Waals surface area contributed by atoms with Crippen molar-refractivity contribution >= 4 is 76.2 Å². The SMILES string of the molecule is Cc1ccc(N2c3ccc(C)cc3B3c4cc([Si](C)(C)C)cc5c4N(c4cc(N6c7ccc(C(C)(C)C)cc7C7(C)CCc8ccccc8C67C)cc2c43)C2(C)CCCCC52C)cc1. The third-order valence-corrected chi connectivity index (χ3v) is 20.3. The molecular formula is C59H66BN3Si. The van der Waals surface area contributed by atoms with Crippen LogP contribution in [0.25, 0.3) is 0 Å². The molecule has 4 heterocycles. The fourth-order valence-electron chi connectivity index (χ4n) is 14.2. The van der Waals surface area contributed by atoms with Gasteiger partial charge in [0.25, 0.3) is 6.71 Å². The molecule has 0 spiro atoms. The lowest BCUT2D eigenvalue weighted by Gasteiger charge is -2.54. The molecule has 324 valence electrons. The Kier molecular flexibility index (Phi) is 8.15. The summed E-state index contributed by atoms with van der Waals surface area (Å²) in [6.07, 6.45) is 7.16. The summed E-state index contributed by atoms with van der Waals surface area (Å²) < 4.78 is 0. The molecule has 5 heteroatoms. The molecular weight excluding hydrogens is 790 g/mol. The normalized spacial score (nSPS) is 25.9. The van der Waals surface area contributed by atoms with Crippen LogP contribution in [0.3, 0.4) is 0 Å². The summed E-state index contributed by atoms with van der Waals surface area (Å²) in [6, 6.07) is 44.3. The summed E-state index contributed by atoms with van der Waals surface area (Å²) in [5.41, 5.74) is 23.6. The van der Waals surface area contributed by atoms with Gasteiger partial charge in [-0.3, -0.25) is 0 Å². The van der Waals surface area contributed by atoms with Gasteiger partial charge in [0.2, 0.25) is 0 Å². The maximum atomic E-state index is 2.95. The highest BCUT2D eigenvalue weighted by molar-refractivity contribution is 7.01. The number of nitrogens with zero attached hydrogens (tertiary/aromatic N) is 3. The molecule has 64 heavy (non-hydrogen) atoms. The first-order valence-electron chi connectivity index (χ1n) is 24.5. The average molecular weight is 856 g/mol. The third-order valence-electron chi connectivity index (χ3n) is 18.2. The molecule has 2 aliphatic carbocycles. The first kappa shape index (κ1) is 40.5. The Morgan fingerprint density at radius 3 is 2.03 bits per heavy atom. The van der Waals surface area contributed by atoms with E-state index in [0.717, 1.165) is 12.8 Å². The molecule has 4 atom stereocenters. The topological polar surface area (TPSA) is 9.72 Å². The molecule has 4 unspecified atom stereocenters. The predicted octanol–water partition coefficient (Wildman–Crippen LogP) is 12.8. The molecule has 3 nitrogen and oxygen atoms in total. The van der Waals surface area contributed by atoms with Crippen molar-refractivity contribution in [3.63, 3.8) is 0 Å². The first-order chi connectivity index (χ1) is 30.3. The Hall–Kier alpha value is -5.00. The van der Waals surface area contributed by atoms with E-state index in [1.807, 2.05) is 0 Å². The Bertz CT molecular complexity index is 2990. The monoisotopic (exact) mass is 856 g/mol. The number of rotatable bonds is 3. The van der Waals surface area contributed by atoms with Crippen molar-refractivity contribution in [1.29, 1.82) is 0 Å². The zero-order valence-electron chi connectivity index (χ0n) is 40.6. The van der Waals surface area contributed by atoms with Crippen LogP contribution in [-0.4, -0.2) is 20.3 Å². The van der Waals surface area contributed by atoms with Gasteiger partial charge < -0.3 is 14.7 Å². The molecule has 4 aliphatic heterocycles. The summed E-state index contributed by atoms with van der Waals surface area (Å²) >= 11 is 0. The number of hydrogen-bond donors (Lipinski definition) is 0.